The quantitative estimate of drug-likeness (QED) is 0.0242. The third-order valence-corrected chi connectivity index (χ3v) is 16.5. The summed E-state index contributed by atoms with van der Waals surface area (Å²) in [6.07, 6.45) is 18.9. The van der Waals surface area contributed by atoms with Crippen molar-refractivity contribution < 1.29 is 83.5 Å². The number of hydrogen-bond donors (Lipinski definition) is 0. The fraction of sp³-hybridized carbons (Fsp3) is 0.138. The molecule has 0 aliphatic heterocycles. The van der Waals surface area contributed by atoms with Crippen LogP contribution in [0.5, 0.6) is 51.7 Å². The number of ether oxygens (including phenoxy) is 9. The molecule has 0 bridgehead atoms. The van der Waals surface area contributed by atoms with E-state index in [2.05, 4.69) is 45.0 Å². The largest absolute Gasteiger partial charge is 0.489 e. The maximum atomic E-state index is 14.1. The summed E-state index contributed by atoms with van der Waals surface area (Å²) in [6, 6.07) is 56.0. The third-order valence-electron chi connectivity index (χ3n) is 16.5. The second-order valence-electron chi connectivity index (χ2n) is 23.7. The lowest BCUT2D eigenvalue weighted by molar-refractivity contribution is 0.0724. The molecule has 6 heterocycles. The number of carbonyl (C=O) groups excluding carboxylic acids is 3. The van der Waals surface area contributed by atoms with Crippen LogP contribution in [0, 0.1) is 0 Å². The zero-order valence-electron chi connectivity index (χ0n) is 53.4. The number of hydrogen-bond acceptors (Lipinski definition) is 18. The van der Waals surface area contributed by atoms with Crippen LogP contribution < -0.4 is 42.6 Å². The predicted octanol–water partition coefficient (Wildman–Crippen LogP) is 18.1. The van der Waals surface area contributed by atoms with E-state index in [-0.39, 0.29) is 56.3 Å². The van der Waals surface area contributed by atoms with Gasteiger partial charge < -0.3 is 69.1 Å². The summed E-state index contributed by atoms with van der Waals surface area (Å²) in [5.74, 6) is 1.43. The zero-order valence-corrected chi connectivity index (χ0v) is 53.4. The van der Waals surface area contributed by atoms with Crippen LogP contribution in [0.3, 0.4) is 0 Å². The van der Waals surface area contributed by atoms with Crippen LogP contribution in [0.4, 0.5) is 0 Å². The van der Waals surface area contributed by atoms with Crippen LogP contribution >= 0.6 is 0 Å². The van der Waals surface area contributed by atoms with E-state index in [1.165, 1.54) is 0 Å². The smallest absolute Gasteiger partial charge is 0.343 e. The van der Waals surface area contributed by atoms with Gasteiger partial charge in [0.25, 0.3) is 0 Å². The number of benzene rings is 7. The Labute approximate surface area is 562 Å². The van der Waals surface area contributed by atoms with Gasteiger partial charge >= 0.3 is 17.9 Å². The minimum Gasteiger partial charge on any atom is -0.489 e. The van der Waals surface area contributed by atoms with E-state index in [1.54, 1.807) is 203 Å². The molecule has 0 fully saturated rings. The monoisotopic (exact) mass is 1310 g/mol. The van der Waals surface area contributed by atoms with Crippen LogP contribution in [-0.4, -0.2) is 17.9 Å². The van der Waals surface area contributed by atoms with E-state index in [0.29, 0.717) is 51.7 Å². The first-order valence-corrected chi connectivity index (χ1v) is 31.2. The predicted molar refractivity (Wildman–Crippen MR) is 356 cm³/mol. The van der Waals surface area contributed by atoms with Gasteiger partial charge in [0.15, 0.2) is 0 Å². The maximum absolute atomic E-state index is 14.1. The first-order valence-electron chi connectivity index (χ1n) is 31.2. The molecule has 0 unspecified atom stereocenters. The van der Waals surface area contributed by atoms with Gasteiger partial charge in [-0.15, -0.1) is 0 Å². The lowest BCUT2D eigenvalue weighted by Crippen LogP contribution is -2.26. The van der Waals surface area contributed by atoms with Crippen molar-refractivity contribution in [3.63, 3.8) is 0 Å². The van der Waals surface area contributed by atoms with Crippen LogP contribution in [-0.2, 0) is 50.5 Å². The van der Waals surface area contributed by atoms with Crippen molar-refractivity contribution in [3.8, 4) is 51.7 Å². The molecule has 0 aliphatic rings. The SMILES string of the molecule is CC(C)(c1ccc(OC(=O)c2cc(OCc3ccoc3)cc(OCc3ccoc3)c2)cc1)c1ccc(C(C)(c2ccc(OC(=O)c3cc(OCc4ccoc4)cc(OCc4ccoc4)c3)cc2)c2ccc(OC(=O)c3cc(OCc4ccoc4)cc(OCc4ccoc4)c3)cc2)cc1. The van der Waals surface area contributed by atoms with Gasteiger partial charge in [0, 0.05) is 62.4 Å². The Balaban J connectivity index is 0.752. The van der Waals surface area contributed by atoms with Gasteiger partial charge in [0.1, 0.15) is 91.4 Å². The number of rotatable bonds is 29. The molecule has 7 aromatic carbocycles. The number of furan rings is 6. The highest BCUT2D eigenvalue weighted by Gasteiger charge is 2.33. The molecular weight excluding hydrogens is 1250 g/mol. The van der Waals surface area contributed by atoms with Crippen LogP contribution in [0.15, 0.2) is 290 Å². The van der Waals surface area contributed by atoms with Gasteiger partial charge in [-0.3, -0.25) is 0 Å². The molecule has 0 N–H and O–H groups in total. The topological polar surface area (TPSA) is 213 Å². The highest BCUT2D eigenvalue weighted by molar-refractivity contribution is 5.93. The van der Waals surface area contributed by atoms with Gasteiger partial charge in [-0.05, 0) is 144 Å². The molecule has 0 saturated carbocycles. The molecule has 18 nitrogen and oxygen atoms in total. The summed E-state index contributed by atoms with van der Waals surface area (Å²) in [5, 5.41) is 0. The molecule has 13 aromatic rings. The van der Waals surface area contributed by atoms with E-state index in [0.717, 1.165) is 61.2 Å². The average molecular weight is 1310 g/mol. The molecule has 0 saturated heterocycles. The fourth-order valence-corrected chi connectivity index (χ4v) is 10.9. The maximum Gasteiger partial charge on any atom is 0.343 e. The number of carbonyl (C=O) groups is 3. The summed E-state index contributed by atoms with van der Waals surface area (Å²) in [6.45, 7) is 7.56. The summed E-state index contributed by atoms with van der Waals surface area (Å²) >= 11 is 0. The van der Waals surface area contributed by atoms with Crippen molar-refractivity contribution in [1.29, 1.82) is 0 Å². The Morgan fingerprint density at radius 3 is 0.684 bits per heavy atom. The standard InChI is InChI=1S/C80H64O18/c1-79(2,63-8-14-67(15-9-63)96-76(81)59-32-70(90-47-53-20-26-84-41-53)38-71(33-59)91-48-54-21-27-85-42-54)62-4-6-64(7-5-62)80(3,65-10-16-68(17-11-65)97-77(82)60-34-72(92-49-55-22-28-86-43-55)39-73(35-60)93-50-56-23-29-87-44-56)66-12-18-69(19-13-66)98-78(83)61-36-74(94-51-57-24-30-88-45-57)40-75(37-61)95-52-58-25-31-89-46-58/h4-46H,47-52H2,1-3H3. The van der Waals surface area contributed by atoms with Crippen molar-refractivity contribution in [3.05, 3.63) is 341 Å². The summed E-state index contributed by atoms with van der Waals surface area (Å²) < 4.78 is 85.7. The molecular formula is C80H64O18. The van der Waals surface area contributed by atoms with Crippen LogP contribution in [0.25, 0.3) is 0 Å². The van der Waals surface area contributed by atoms with Gasteiger partial charge in [-0.2, -0.15) is 0 Å². The van der Waals surface area contributed by atoms with E-state index in [9.17, 15) is 14.4 Å². The van der Waals surface area contributed by atoms with Crippen LogP contribution in [0.2, 0.25) is 0 Å². The van der Waals surface area contributed by atoms with Crippen molar-refractivity contribution >= 4 is 17.9 Å². The Hall–Kier alpha value is -12.6. The molecule has 0 atom stereocenters. The summed E-state index contributed by atoms with van der Waals surface area (Å²) in [5.41, 5.74) is 8.71. The fourth-order valence-electron chi connectivity index (χ4n) is 10.9. The van der Waals surface area contributed by atoms with Crippen molar-refractivity contribution in [2.24, 2.45) is 0 Å². The molecule has 0 aliphatic carbocycles. The van der Waals surface area contributed by atoms with Crippen molar-refractivity contribution in [1.82, 2.24) is 0 Å². The summed E-state index contributed by atoms with van der Waals surface area (Å²) in [4.78, 5) is 42.0. The molecule has 0 radical (unpaired) electrons. The highest BCUT2D eigenvalue weighted by Crippen LogP contribution is 2.43. The minimum atomic E-state index is -0.860. The molecule has 18 heteroatoms. The van der Waals surface area contributed by atoms with Gasteiger partial charge in [0.2, 0.25) is 0 Å². The number of esters is 3. The summed E-state index contributed by atoms with van der Waals surface area (Å²) in [7, 11) is 0. The molecule has 0 spiro atoms. The lowest BCUT2D eigenvalue weighted by atomic mass is 9.70. The zero-order chi connectivity index (χ0) is 67.3. The third kappa shape index (κ3) is 15.8. The molecule has 13 rings (SSSR count). The van der Waals surface area contributed by atoms with Gasteiger partial charge in [-0.1, -0.05) is 74.5 Å². The van der Waals surface area contributed by atoms with Gasteiger partial charge in [0.05, 0.1) is 91.8 Å². The van der Waals surface area contributed by atoms with Crippen molar-refractivity contribution in [2.75, 3.05) is 0 Å². The average Bonchev–Trinajstić information content (AvgIpc) is 1.00. The van der Waals surface area contributed by atoms with Crippen LogP contribution in [0.1, 0.15) is 113 Å². The Kier molecular flexibility index (Phi) is 19.2. The minimum absolute atomic E-state index is 0.194. The van der Waals surface area contributed by atoms with Gasteiger partial charge in [-0.25, -0.2) is 14.4 Å². The second-order valence-corrected chi connectivity index (χ2v) is 23.7. The Morgan fingerprint density at radius 1 is 0.265 bits per heavy atom. The molecule has 0 amide bonds. The molecule has 6 aromatic heterocycles. The first kappa shape index (κ1) is 64.2. The molecule has 98 heavy (non-hydrogen) atoms. The van der Waals surface area contributed by atoms with E-state index in [1.807, 2.05) is 36.4 Å². The van der Waals surface area contributed by atoms with Crippen molar-refractivity contribution in [2.45, 2.75) is 71.2 Å². The normalized spacial score (nSPS) is 11.4. The van der Waals surface area contributed by atoms with E-state index < -0.39 is 28.7 Å². The Morgan fingerprint density at radius 2 is 0.469 bits per heavy atom. The molecule has 492 valence electrons. The lowest BCUT2D eigenvalue weighted by Gasteiger charge is -2.33. The van der Waals surface area contributed by atoms with E-state index >= 15 is 0 Å². The first-order chi connectivity index (χ1) is 47.8. The second kappa shape index (κ2) is 29.4. The van der Waals surface area contributed by atoms with E-state index in [4.69, 9.17) is 69.1 Å². The highest BCUT2D eigenvalue weighted by atomic mass is 16.5. The Bertz CT molecular complexity index is 4350.